The first kappa shape index (κ1) is 25.3. The number of guanidine groups is 1. The van der Waals surface area contributed by atoms with E-state index in [1.807, 2.05) is 25.2 Å². The summed E-state index contributed by atoms with van der Waals surface area (Å²) in [4.78, 5) is 6.77. The van der Waals surface area contributed by atoms with Crippen molar-refractivity contribution in [2.45, 2.75) is 31.8 Å². The minimum atomic E-state index is 0. The van der Waals surface area contributed by atoms with E-state index < -0.39 is 0 Å². The van der Waals surface area contributed by atoms with Crippen molar-refractivity contribution in [2.75, 3.05) is 45.9 Å². The summed E-state index contributed by atoms with van der Waals surface area (Å²) >= 11 is 0. The van der Waals surface area contributed by atoms with Gasteiger partial charge in [0.1, 0.15) is 17.2 Å². The molecular weight excluding hydrogens is 531 g/mol. The molecule has 1 aliphatic heterocycles. The van der Waals surface area contributed by atoms with Crippen molar-refractivity contribution in [3.05, 3.63) is 48.0 Å². The van der Waals surface area contributed by atoms with E-state index in [9.17, 15) is 0 Å². The predicted molar refractivity (Wildman–Crippen MR) is 144 cm³/mol. The fourth-order valence-electron chi connectivity index (χ4n) is 3.94. The number of benzene rings is 2. The maximum absolute atomic E-state index is 6.03. The van der Waals surface area contributed by atoms with Crippen molar-refractivity contribution in [3.8, 4) is 17.2 Å². The molecule has 0 spiro atoms. The highest BCUT2D eigenvalue weighted by Gasteiger charge is 2.25. The lowest BCUT2D eigenvalue weighted by Crippen LogP contribution is -2.44. The molecule has 1 saturated heterocycles. The summed E-state index contributed by atoms with van der Waals surface area (Å²) in [5.41, 5.74) is 2.25. The van der Waals surface area contributed by atoms with E-state index in [0.717, 1.165) is 66.5 Å². The second kappa shape index (κ2) is 12.2. The lowest BCUT2D eigenvalue weighted by Gasteiger charge is -2.21. The first-order valence-corrected chi connectivity index (χ1v) is 11.3. The molecule has 4 rings (SSSR count). The van der Waals surface area contributed by atoms with Gasteiger partial charge in [0.25, 0.3) is 0 Å². The van der Waals surface area contributed by atoms with Gasteiger partial charge < -0.3 is 29.7 Å². The van der Waals surface area contributed by atoms with Crippen LogP contribution >= 0.6 is 24.0 Å². The average molecular weight is 566 g/mol. The maximum atomic E-state index is 6.03. The Morgan fingerprint density at radius 3 is 2.45 bits per heavy atom. The van der Waals surface area contributed by atoms with Crippen LogP contribution < -0.4 is 29.7 Å². The van der Waals surface area contributed by atoms with Crippen LogP contribution in [0.5, 0.6) is 17.2 Å². The van der Waals surface area contributed by atoms with Gasteiger partial charge >= 0.3 is 0 Å². The van der Waals surface area contributed by atoms with E-state index in [2.05, 4.69) is 44.8 Å². The van der Waals surface area contributed by atoms with E-state index in [1.165, 1.54) is 12.8 Å². The molecule has 2 aromatic carbocycles. The molecule has 1 heterocycles. The number of methoxy groups -OCH3 is 2. The summed E-state index contributed by atoms with van der Waals surface area (Å²) in [6, 6.07) is 14.5. The van der Waals surface area contributed by atoms with Crippen molar-refractivity contribution in [1.82, 2.24) is 10.6 Å². The van der Waals surface area contributed by atoms with Crippen molar-refractivity contribution >= 4 is 35.6 Å². The van der Waals surface area contributed by atoms with E-state index >= 15 is 0 Å². The second-order valence-electron chi connectivity index (χ2n) is 8.43. The van der Waals surface area contributed by atoms with Crippen LogP contribution in [-0.4, -0.2) is 53.0 Å². The third-order valence-corrected chi connectivity index (χ3v) is 6.04. The van der Waals surface area contributed by atoms with Crippen LogP contribution in [-0.2, 0) is 6.54 Å². The van der Waals surface area contributed by atoms with Gasteiger partial charge in [-0.2, -0.15) is 0 Å². The summed E-state index contributed by atoms with van der Waals surface area (Å²) in [5.74, 6) is 4.10. The van der Waals surface area contributed by atoms with Crippen molar-refractivity contribution < 1.29 is 14.2 Å². The zero-order valence-corrected chi connectivity index (χ0v) is 22.0. The largest absolute Gasteiger partial charge is 0.497 e. The lowest BCUT2D eigenvalue weighted by molar-refractivity contribution is 0.296. The molecule has 2 aliphatic rings. The number of nitrogens with zero attached hydrogens (tertiary/aromatic N) is 2. The number of rotatable bonds is 9. The molecule has 180 valence electrons. The SMILES string of the molecule is CN=C(NCc1ccccc1OCC1CC1)NC1CCN(c2cc(OC)cc(OC)c2)C1.I. The van der Waals surface area contributed by atoms with Gasteiger partial charge in [0.05, 0.1) is 20.8 Å². The summed E-state index contributed by atoms with van der Waals surface area (Å²) in [6.07, 6.45) is 3.61. The molecule has 1 saturated carbocycles. The molecule has 8 heteroatoms. The molecule has 2 fully saturated rings. The van der Waals surface area contributed by atoms with Gasteiger partial charge in [0.15, 0.2) is 5.96 Å². The minimum absolute atomic E-state index is 0. The van der Waals surface area contributed by atoms with Gasteiger partial charge in [0.2, 0.25) is 0 Å². The molecule has 33 heavy (non-hydrogen) atoms. The lowest BCUT2D eigenvalue weighted by atomic mass is 10.2. The number of halogens is 1. The molecule has 0 bridgehead atoms. The normalized spacial score (nSPS) is 17.8. The zero-order valence-electron chi connectivity index (χ0n) is 19.7. The number of hydrogen-bond donors (Lipinski definition) is 2. The monoisotopic (exact) mass is 566 g/mol. The first-order valence-electron chi connectivity index (χ1n) is 11.3. The van der Waals surface area contributed by atoms with Gasteiger partial charge in [-0.15, -0.1) is 24.0 Å². The number of hydrogen-bond acceptors (Lipinski definition) is 5. The van der Waals surface area contributed by atoms with E-state index in [-0.39, 0.29) is 24.0 Å². The topological polar surface area (TPSA) is 67.4 Å². The smallest absolute Gasteiger partial charge is 0.191 e. The van der Waals surface area contributed by atoms with Gasteiger partial charge in [-0.3, -0.25) is 4.99 Å². The first-order chi connectivity index (χ1) is 15.7. The Labute approximate surface area is 213 Å². The van der Waals surface area contributed by atoms with Gasteiger partial charge in [0, 0.05) is 62.2 Å². The number of nitrogens with one attached hydrogen (secondary N) is 2. The predicted octanol–water partition coefficient (Wildman–Crippen LogP) is 4.05. The van der Waals surface area contributed by atoms with E-state index in [4.69, 9.17) is 14.2 Å². The highest BCUT2D eigenvalue weighted by molar-refractivity contribution is 14.0. The highest BCUT2D eigenvalue weighted by atomic mass is 127. The van der Waals surface area contributed by atoms with Crippen LogP contribution in [0, 0.1) is 5.92 Å². The minimum Gasteiger partial charge on any atom is -0.497 e. The Hall–Kier alpha value is -2.36. The zero-order chi connectivity index (χ0) is 22.3. The number of ether oxygens (including phenoxy) is 3. The standard InChI is InChI=1S/C25H34N4O3.HI/c1-26-25(27-15-19-6-4-5-7-24(19)32-17-18-8-9-18)28-20-10-11-29(16-20)21-12-22(30-2)14-23(13-21)31-3;/h4-7,12-14,18,20H,8-11,15-17H2,1-3H3,(H2,26,27,28);1H. The van der Waals surface area contributed by atoms with Crippen LogP contribution in [0.25, 0.3) is 0 Å². The van der Waals surface area contributed by atoms with Gasteiger partial charge in [-0.1, -0.05) is 18.2 Å². The highest BCUT2D eigenvalue weighted by Crippen LogP contribution is 2.31. The van der Waals surface area contributed by atoms with Crippen molar-refractivity contribution in [3.63, 3.8) is 0 Å². The maximum Gasteiger partial charge on any atom is 0.191 e. The third-order valence-electron chi connectivity index (χ3n) is 6.04. The summed E-state index contributed by atoms with van der Waals surface area (Å²) in [6.45, 7) is 3.34. The molecule has 1 aliphatic carbocycles. The molecule has 7 nitrogen and oxygen atoms in total. The Balaban J connectivity index is 0.00000306. The molecule has 2 N–H and O–H groups in total. The molecule has 1 unspecified atom stereocenters. The number of aliphatic imine (C=N–C) groups is 1. The van der Waals surface area contributed by atoms with E-state index in [0.29, 0.717) is 12.6 Å². The van der Waals surface area contributed by atoms with Crippen molar-refractivity contribution in [2.24, 2.45) is 10.9 Å². The molecule has 0 radical (unpaired) electrons. The molecule has 0 amide bonds. The number of anilines is 1. The fraction of sp³-hybridized carbons (Fsp3) is 0.480. The Morgan fingerprint density at radius 2 is 1.79 bits per heavy atom. The fourth-order valence-corrected chi connectivity index (χ4v) is 3.94. The quantitative estimate of drug-likeness (QED) is 0.271. The molecule has 0 aromatic heterocycles. The summed E-state index contributed by atoms with van der Waals surface area (Å²) < 4.78 is 16.9. The Bertz CT molecular complexity index is 913. The van der Waals surface area contributed by atoms with Crippen LogP contribution in [0.15, 0.2) is 47.5 Å². The van der Waals surface area contributed by atoms with E-state index in [1.54, 1.807) is 14.2 Å². The number of para-hydroxylation sites is 1. The summed E-state index contributed by atoms with van der Waals surface area (Å²) in [5, 5.41) is 7.01. The van der Waals surface area contributed by atoms with Crippen LogP contribution in [0.4, 0.5) is 5.69 Å². The second-order valence-corrected chi connectivity index (χ2v) is 8.43. The Morgan fingerprint density at radius 1 is 1.06 bits per heavy atom. The summed E-state index contributed by atoms with van der Waals surface area (Å²) in [7, 11) is 5.17. The van der Waals surface area contributed by atoms with Crippen LogP contribution in [0.2, 0.25) is 0 Å². The van der Waals surface area contributed by atoms with Crippen molar-refractivity contribution in [1.29, 1.82) is 0 Å². The molecular formula is C25H35IN4O3. The van der Waals surface area contributed by atoms with Gasteiger partial charge in [-0.05, 0) is 31.2 Å². The van der Waals surface area contributed by atoms with Gasteiger partial charge in [-0.25, -0.2) is 0 Å². The Kier molecular flexibility index (Phi) is 9.34. The molecule has 1 atom stereocenters. The molecule has 2 aromatic rings. The average Bonchev–Trinajstić information content (AvgIpc) is 3.56. The van der Waals surface area contributed by atoms with Crippen LogP contribution in [0.3, 0.4) is 0 Å². The third kappa shape index (κ3) is 7.06. The van der Waals surface area contributed by atoms with Crippen LogP contribution in [0.1, 0.15) is 24.8 Å².